The van der Waals surface area contributed by atoms with E-state index in [-0.39, 0.29) is 0 Å². The van der Waals surface area contributed by atoms with E-state index in [1.807, 2.05) is 78.9 Å². The number of benzene rings is 6. The van der Waals surface area contributed by atoms with Crippen molar-refractivity contribution < 1.29 is 23.7 Å². The third-order valence-corrected chi connectivity index (χ3v) is 9.78. The molecule has 0 unspecified atom stereocenters. The Morgan fingerprint density at radius 1 is 0.661 bits per heavy atom. The van der Waals surface area contributed by atoms with E-state index in [1.165, 1.54) is 11.9 Å². The number of nitrogens with zero attached hydrogens (tertiary/aromatic N) is 5. The second kappa shape index (κ2) is 21.1. The largest absolute Gasteiger partial charge is 0.502 e. The van der Waals surface area contributed by atoms with Crippen molar-refractivity contribution in [2.75, 3.05) is 49.7 Å². The highest BCUT2D eigenvalue weighted by Crippen LogP contribution is 2.34. The monoisotopic (exact) mass is 788 g/mol. The number of carbonyl (C=O) groups excluding carboxylic acids is 1. The van der Waals surface area contributed by atoms with E-state index >= 15 is 0 Å². The van der Waals surface area contributed by atoms with Crippen molar-refractivity contribution >= 4 is 50.9 Å². The standard InChI is InChI=1S/C48H48N6O5/c1-2-56-31-7-3-4-8-32-58-42-25-13-37(14-26-42)48(55)59-43-23-11-36(12-24-43)35-49-46-27-28-47(45-10-6-5-9-44(45)46)53-52-39-17-15-38(16-18-39)50-51-40-19-21-41(22-20-40)54-29-33-57-34-30-54/h2,5-6,9-28,49H,1,3-4,7-8,29-35H2. The number of fused-ring (bicyclic) bond motifs is 1. The van der Waals surface area contributed by atoms with Crippen molar-refractivity contribution in [1.29, 1.82) is 0 Å². The molecular formula is C48H48N6O5. The Morgan fingerprint density at radius 2 is 1.27 bits per heavy atom. The minimum atomic E-state index is -0.422. The minimum Gasteiger partial charge on any atom is -0.502 e. The van der Waals surface area contributed by atoms with E-state index in [2.05, 4.69) is 55.5 Å². The summed E-state index contributed by atoms with van der Waals surface area (Å²) in [7, 11) is 0. The number of anilines is 2. The van der Waals surface area contributed by atoms with Gasteiger partial charge in [-0.05, 0) is 128 Å². The second-order valence-electron chi connectivity index (χ2n) is 13.9. The molecule has 0 radical (unpaired) electrons. The summed E-state index contributed by atoms with van der Waals surface area (Å²) in [5.41, 5.74) is 6.64. The zero-order chi connectivity index (χ0) is 40.5. The first-order valence-corrected chi connectivity index (χ1v) is 20.0. The number of morpholine rings is 1. The molecule has 59 heavy (non-hydrogen) atoms. The molecule has 0 bridgehead atoms. The molecule has 0 aromatic heterocycles. The Bertz CT molecular complexity index is 2320. The van der Waals surface area contributed by atoms with Gasteiger partial charge in [0.15, 0.2) is 0 Å². The van der Waals surface area contributed by atoms with Crippen LogP contribution in [0.5, 0.6) is 11.5 Å². The molecule has 6 aromatic carbocycles. The van der Waals surface area contributed by atoms with Gasteiger partial charge in [0.25, 0.3) is 0 Å². The van der Waals surface area contributed by atoms with Crippen LogP contribution >= 0.6 is 0 Å². The van der Waals surface area contributed by atoms with Gasteiger partial charge in [0.1, 0.15) is 11.5 Å². The predicted molar refractivity (Wildman–Crippen MR) is 233 cm³/mol. The molecule has 300 valence electrons. The molecule has 1 N–H and O–H groups in total. The number of esters is 1. The fraction of sp³-hybridized carbons (Fsp3) is 0.229. The number of azo groups is 2. The molecule has 1 fully saturated rings. The molecule has 7 rings (SSSR count). The number of hydrogen-bond acceptors (Lipinski definition) is 11. The first-order valence-electron chi connectivity index (χ1n) is 20.0. The zero-order valence-corrected chi connectivity index (χ0v) is 33.0. The summed E-state index contributed by atoms with van der Waals surface area (Å²) in [4.78, 5) is 15.1. The lowest BCUT2D eigenvalue weighted by Gasteiger charge is -2.28. The summed E-state index contributed by atoms with van der Waals surface area (Å²) < 4.78 is 22.1. The van der Waals surface area contributed by atoms with Gasteiger partial charge in [0, 0.05) is 41.8 Å². The number of ether oxygens (including phenoxy) is 4. The first kappa shape index (κ1) is 40.4. The molecule has 0 atom stereocenters. The summed E-state index contributed by atoms with van der Waals surface area (Å²) in [6.45, 7) is 8.75. The highest BCUT2D eigenvalue weighted by Gasteiger charge is 2.12. The Kier molecular flexibility index (Phi) is 14.4. The lowest BCUT2D eigenvalue weighted by Crippen LogP contribution is -2.36. The molecular weight excluding hydrogens is 741 g/mol. The van der Waals surface area contributed by atoms with Gasteiger partial charge in [-0.3, -0.25) is 0 Å². The molecule has 0 aliphatic carbocycles. The van der Waals surface area contributed by atoms with Crippen molar-refractivity contribution in [2.45, 2.75) is 32.2 Å². The number of hydrogen-bond donors (Lipinski definition) is 1. The Labute approximate surface area is 345 Å². The third-order valence-electron chi connectivity index (χ3n) is 9.78. The van der Waals surface area contributed by atoms with Crippen molar-refractivity contribution in [3.8, 4) is 11.5 Å². The van der Waals surface area contributed by atoms with E-state index in [0.29, 0.717) is 36.8 Å². The first-order chi connectivity index (χ1) is 29.1. The van der Waals surface area contributed by atoms with E-state index in [0.717, 1.165) is 96.8 Å². The summed E-state index contributed by atoms with van der Waals surface area (Å²) in [5.74, 6) is 0.778. The number of nitrogens with one attached hydrogen (secondary N) is 1. The van der Waals surface area contributed by atoms with Crippen molar-refractivity contribution in [1.82, 2.24) is 0 Å². The molecule has 1 heterocycles. The molecule has 11 heteroatoms. The van der Waals surface area contributed by atoms with Crippen LogP contribution in [0.15, 0.2) is 167 Å². The fourth-order valence-electron chi connectivity index (χ4n) is 6.53. The molecule has 0 saturated carbocycles. The smallest absolute Gasteiger partial charge is 0.343 e. The summed E-state index contributed by atoms with van der Waals surface area (Å²) >= 11 is 0. The Morgan fingerprint density at radius 3 is 1.95 bits per heavy atom. The Hall–Kier alpha value is -6.85. The average molecular weight is 789 g/mol. The summed E-state index contributed by atoms with van der Waals surface area (Å²) in [6.07, 6.45) is 5.59. The van der Waals surface area contributed by atoms with Crippen LogP contribution in [0.3, 0.4) is 0 Å². The van der Waals surface area contributed by atoms with Gasteiger partial charge in [-0.15, -0.1) is 5.11 Å². The highest BCUT2D eigenvalue weighted by atomic mass is 16.5. The van der Waals surface area contributed by atoms with Gasteiger partial charge in [0.05, 0.1) is 61.0 Å². The van der Waals surface area contributed by atoms with Crippen LogP contribution in [-0.2, 0) is 16.0 Å². The van der Waals surface area contributed by atoms with Crippen LogP contribution in [0.4, 0.5) is 34.1 Å². The fourth-order valence-corrected chi connectivity index (χ4v) is 6.53. The number of unbranched alkanes of at least 4 members (excludes halogenated alkanes) is 3. The second-order valence-corrected chi connectivity index (χ2v) is 13.9. The number of rotatable bonds is 19. The maximum Gasteiger partial charge on any atom is 0.343 e. The van der Waals surface area contributed by atoms with Gasteiger partial charge in [0.2, 0.25) is 0 Å². The summed E-state index contributed by atoms with van der Waals surface area (Å²) in [6, 6.07) is 42.2. The Balaban J connectivity index is 0.881. The van der Waals surface area contributed by atoms with E-state index < -0.39 is 5.97 Å². The van der Waals surface area contributed by atoms with Gasteiger partial charge in [-0.25, -0.2) is 4.79 Å². The van der Waals surface area contributed by atoms with Crippen molar-refractivity contribution in [3.05, 3.63) is 157 Å². The lowest BCUT2D eigenvalue weighted by molar-refractivity contribution is 0.0734. The van der Waals surface area contributed by atoms with Crippen molar-refractivity contribution in [2.24, 2.45) is 20.5 Å². The minimum absolute atomic E-state index is 0.422. The van der Waals surface area contributed by atoms with E-state index in [4.69, 9.17) is 18.9 Å². The highest BCUT2D eigenvalue weighted by molar-refractivity contribution is 6.00. The predicted octanol–water partition coefficient (Wildman–Crippen LogP) is 12.4. The van der Waals surface area contributed by atoms with E-state index in [9.17, 15) is 4.79 Å². The SMILES string of the molecule is C=COCCCCCCOc1ccc(C(=O)Oc2ccc(CNc3ccc(N=Nc4ccc(N=Nc5ccc(N6CCOCC6)cc5)cc4)c4ccccc34)cc2)cc1. The average Bonchev–Trinajstić information content (AvgIpc) is 3.29. The topological polar surface area (TPSA) is 119 Å². The van der Waals surface area contributed by atoms with Crippen LogP contribution < -0.4 is 19.7 Å². The van der Waals surface area contributed by atoms with Crippen molar-refractivity contribution in [3.63, 3.8) is 0 Å². The van der Waals surface area contributed by atoms with Gasteiger partial charge in [-0.2, -0.15) is 15.3 Å². The maximum absolute atomic E-state index is 12.8. The number of carbonyl (C=O) groups is 1. The van der Waals surface area contributed by atoms with Gasteiger partial charge >= 0.3 is 5.97 Å². The van der Waals surface area contributed by atoms with E-state index in [1.54, 1.807) is 36.4 Å². The lowest BCUT2D eigenvalue weighted by atomic mass is 10.1. The molecule has 6 aromatic rings. The van der Waals surface area contributed by atoms with Crippen LogP contribution in [0, 0.1) is 0 Å². The van der Waals surface area contributed by atoms with Crippen LogP contribution in [-0.4, -0.2) is 45.5 Å². The van der Waals surface area contributed by atoms with Crippen LogP contribution in [0.2, 0.25) is 0 Å². The maximum atomic E-state index is 12.8. The molecule has 11 nitrogen and oxygen atoms in total. The zero-order valence-electron chi connectivity index (χ0n) is 33.0. The third kappa shape index (κ3) is 11.8. The normalized spacial score (nSPS) is 12.8. The molecule has 1 aliphatic rings. The molecule has 1 aliphatic heterocycles. The van der Waals surface area contributed by atoms with Crippen LogP contribution in [0.25, 0.3) is 10.8 Å². The summed E-state index contributed by atoms with van der Waals surface area (Å²) in [5, 5.41) is 23.5. The quantitative estimate of drug-likeness (QED) is 0.0285. The van der Waals surface area contributed by atoms with Crippen LogP contribution in [0.1, 0.15) is 41.6 Å². The molecule has 1 saturated heterocycles. The van der Waals surface area contributed by atoms with Gasteiger partial charge < -0.3 is 29.2 Å². The van der Waals surface area contributed by atoms with Gasteiger partial charge in [-0.1, -0.05) is 43.0 Å². The molecule has 0 spiro atoms. The molecule has 0 amide bonds.